The molecule has 12 heavy (non-hydrogen) atoms. The van der Waals surface area contributed by atoms with E-state index < -0.39 is 10.0 Å². The molecular formula is C6H11N3O2S. The Morgan fingerprint density at radius 2 is 2.33 bits per heavy atom. The van der Waals surface area contributed by atoms with Crippen LogP contribution in [0.3, 0.4) is 0 Å². The predicted octanol–water partition coefficient (Wildman–Crippen LogP) is -0.189. The summed E-state index contributed by atoms with van der Waals surface area (Å²) in [4.78, 5) is 3.74. The van der Waals surface area contributed by atoms with E-state index in [0.29, 0.717) is 6.54 Å². The van der Waals surface area contributed by atoms with Crippen LogP contribution in [0.5, 0.6) is 0 Å². The van der Waals surface area contributed by atoms with Crippen molar-refractivity contribution in [2.24, 2.45) is 0 Å². The van der Waals surface area contributed by atoms with Gasteiger partial charge in [-0.2, -0.15) is 0 Å². The van der Waals surface area contributed by atoms with E-state index in [1.54, 1.807) is 4.57 Å². The van der Waals surface area contributed by atoms with Gasteiger partial charge in [-0.15, -0.1) is 0 Å². The fourth-order valence-corrected chi connectivity index (χ4v) is 1.43. The Morgan fingerprint density at radius 1 is 1.67 bits per heavy atom. The highest BCUT2D eigenvalue weighted by atomic mass is 32.2. The van der Waals surface area contributed by atoms with Crippen LogP contribution in [0.1, 0.15) is 6.92 Å². The molecule has 1 aromatic rings. The van der Waals surface area contributed by atoms with E-state index >= 15 is 0 Å². The van der Waals surface area contributed by atoms with Crippen LogP contribution in [-0.2, 0) is 16.6 Å². The predicted molar refractivity (Wildman–Crippen MR) is 44.1 cm³/mol. The van der Waals surface area contributed by atoms with Crippen LogP contribution in [0.15, 0.2) is 17.6 Å². The zero-order valence-electron chi connectivity index (χ0n) is 6.98. The minimum Gasteiger partial charge on any atom is -0.336 e. The molecule has 1 N–H and O–H groups in total. The van der Waals surface area contributed by atoms with E-state index in [0.717, 1.165) is 0 Å². The number of imidazole rings is 1. The number of rotatable bonds is 3. The molecule has 0 unspecified atom stereocenters. The van der Waals surface area contributed by atoms with Gasteiger partial charge in [-0.1, -0.05) is 0 Å². The molecule has 0 radical (unpaired) electrons. The van der Waals surface area contributed by atoms with Crippen molar-refractivity contribution in [2.45, 2.75) is 18.5 Å². The highest BCUT2D eigenvalue weighted by Crippen LogP contribution is 2.03. The van der Waals surface area contributed by atoms with Gasteiger partial charge in [-0.25, -0.2) is 18.1 Å². The summed E-state index contributed by atoms with van der Waals surface area (Å²) in [5.74, 6) is 0. The molecule has 0 aliphatic carbocycles. The molecule has 1 aromatic heterocycles. The highest BCUT2D eigenvalue weighted by molar-refractivity contribution is 7.89. The second-order valence-electron chi connectivity index (χ2n) is 2.25. The molecule has 0 aliphatic heterocycles. The van der Waals surface area contributed by atoms with Crippen molar-refractivity contribution < 1.29 is 8.42 Å². The van der Waals surface area contributed by atoms with Crippen molar-refractivity contribution in [1.29, 1.82) is 0 Å². The second-order valence-corrected chi connectivity index (χ2v) is 4.08. The van der Waals surface area contributed by atoms with Gasteiger partial charge in [0, 0.05) is 12.7 Å². The van der Waals surface area contributed by atoms with Gasteiger partial charge in [0.2, 0.25) is 0 Å². The summed E-state index contributed by atoms with van der Waals surface area (Å²) in [5.41, 5.74) is 0. The number of aryl methyl sites for hydroxylation is 1. The normalized spacial score (nSPS) is 11.8. The van der Waals surface area contributed by atoms with Gasteiger partial charge in [0.05, 0.1) is 6.33 Å². The van der Waals surface area contributed by atoms with Crippen molar-refractivity contribution in [3.05, 3.63) is 12.5 Å². The molecule has 0 aliphatic rings. The maximum atomic E-state index is 11.1. The topological polar surface area (TPSA) is 64.0 Å². The molecule has 68 valence electrons. The summed E-state index contributed by atoms with van der Waals surface area (Å²) in [7, 11) is -2.01. The number of nitrogens with zero attached hydrogens (tertiary/aromatic N) is 2. The molecule has 0 atom stereocenters. The lowest BCUT2D eigenvalue weighted by Crippen LogP contribution is -2.18. The summed E-state index contributed by atoms with van der Waals surface area (Å²) in [5, 5.41) is 0.0619. The molecular weight excluding hydrogens is 178 g/mol. The van der Waals surface area contributed by atoms with E-state index in [1.165, 1.54) is 19.6 Å². The molecule has 6 heteroatoms. The molecule has 0 bridgehead atoms. The van der Waals surface area contributed by atoms with Crippen LogP contribution in [-0.4, -0.2) is 25.0 Å². The maximum Gasteiger partial charge on any atom is 0.259 e. The molecule has 0 fully saturated rings. The van der Waals surface area contributed by atoms with Gasteiger partial charge in [-0.05, 0) is 14.0 Å². The van der Waals surface area contributed by atoms with Crippen LogP contribution >= 0.6 is 0 Å². The van der Waals surface area contributed by atoms with Gasteiger partial charge >= 0.3 is 0 Å². The van der Waals surface area contributed by atoms with Crippen molar-refractivity contribution in [3.63, 3.8) is 0 Å². The molecule has 0 aromatic carbocycles. The summed E-state index contributed by atoms with van der Waals surface area (Å²) in [6, 6.07) is 0. The molecule has 1 heterocycles. The lowest BCUT2D eigenvalue weighted by Gasteiger charge is -1.95. The number of hydrogen-bond donors (Lipinski definition) is 1. The van der Waals surface area contributed by atoms with E-state index in [9.17, 15) is 8.42 Å². The average molecular weight is 189 g/mol. The summed E-state index contributed by atoms with van der Waals surface area (Å²) in [6.07, 6.45) is 2.98. The van der Waals surface area contributed by atoms with Crippen molar-refractivity contribution >= 4 is 10.0 Å². The minimum atomic E-state index is -3.37. The van der Waals surface area contributed by atoms with Gasteiger partial charge in [-0.3, -0.25) is 0 Å². The smallest absolute Gasteiger partial charge is 0.259 e. The van der Waals surface area contributed by atoms with E-state index in [-0.39, 0.29) is 5.03 Å². The number of hydrogen-bond acceptors (Lipinski definition) is 3. The average Bonchev–Trinajstić information content (AvgIpc) is 2.52. The first-order chi connectivity index (χ1) is 5.60. The molecule has 1 rings (SSSR count). The Balaban J connectivity index is 3.05. The molecule has 0 amide bonds. The zero-order valence-corrected chi connectivity index (χ0v) is 7.80. The van der Waals surface area contributed by atoms with Crippen molar-refractivity contribution in [1.82, 2.24) is 14.3 Å². The fourth-order valence-electron chi connectivity index (χ4n) is 0.756. The first kappa shape index (κ1) is 9.21. The SMILES string of the molecule is CCn1cnc(S(=O)(=O)NC)c1. The monoisotopic (exact) mass is 189 g/mol. The molecule has 0 saturated carbocycles. The Hall–Kier alpha value is -0.880. The van der Waals surface area contributed by atoms with Crippen LogP contribution in [0.4, 0.5) is 0 Å². The largest absolute Gasteiger partial charge is 0.336 e. The van der Waals surface area contributed by atoms with Gasteiger partial charge in [0.1, 0.15) is 0 Å². The van der Waals surface area contributed by atoms with Gasteiger partial charge < -0.3 is 4.57 Å². The number of nitrogens with one attached hydrogen (secondary N) is 1. The van der Waals surface area contributed by atoms with Crippen molar-refractivity contribution in [2.75, 3.05) is 7.05 Å². The zero-order chi connectivity index (χ0) is 9.19. The Labute approximate surface area is 71.5 Å². The Morgan fingerprint density at radius 3 is 2.75 bits per heavy atom. The lowest BCUT2D eigenvalue weighted by atomic mass is 10.7. The fraction of sp³-hybridized carbons (Fsp3) is 0.500. The Kier molecular flexibility index (Phi) is 2.49. The third-order valence-electron chi connectivity index (χ3n) is 1.52. The van der Waals surface area contributed by atoms with Gasteiger partial charge in [0.15, 0.2) is 5.03 Å². The summed E-state index contributed by atoms with van der Waals surface area (Å²) < 4.78 is 26.2. The maximum absolute atomic E-state index is 11.1. The van der Waals surface area contributed by atoms with Crippen LogP contribution in [0.25, 0.3) is 0 Å². The standard InChI is InChI=1S/C6H11N3O2S/c1-3-9-4-6(8-5-9)12(10,11)7-2/h4-5,7H,3H2,1-2H3. The lowest BCUT2D eigenvalue weighted by molar-refractivity contribution is 0.585. The number of sulfonamides is 1. The van der Waals surface area contributed by atoms with E-state index in [1.807, 2.05) is 6.92 Å². The molecule has 0 saturated heterocycles. The quantitative estimate of drug-likeness (QED) is 0.717. The van der Waals surface area contributed by atoms with Crippen LogP contribution in [0.2, 0.25) is 0 Å². The molecule has 0 spiro atoms. The summed E-state index contributed by atoms with van der Waals surface area (Å²) in [6.45, 7) is 2.63. The van der Waals surface area contributed by atoms with E-state index in [2.05, 4.69) is 9.71 Å². The molecule has 5 nitrogen and oxygen atoms in total. The third kappa shape index (κ3) is 1.64. The first-order valence-electron chi connectivity index (χ1n) is 3.55. The second kappa shape index (κ2) is 3.24. The van der Waals surface area contributed by atoms with Crippen LogP contribution < -0.4 is 4.72 Å². The van der Waals surface area contributed by atoms with Crippen LogP contribution in [0, 0.1) is 0 Å². The summed E-state index contributed by atoms with van der Waals surface area (Å²) >= 11 is 0. The van der Waals surface area contributed by atoms with E-state index in [4.69, 9.17) is 0 Å². The minimum absolute atomic E-state index is 0.0619. The van der Waals surface area contributed by atoms with Gasteiger partial charge in [0.25, 0.3) is 10.0 Å². The number of aromatic nitrogens is 2. The Bertz CT molecular complexity index is 355. The third-order valence-corrected chi connectivity index (χ3v) is 2.82. The van der Waals surface area contributed by atoms with Crippen molar-refractivity contribution in [3.8, 4) is 0 Å². The first-order valence-corrected chi connectivity index (χ1v) is 5.03. The highest BCUT2D eigenvalue weighted by Gasteiger charge is 2.13.